The van der Waals surface area contributed by atoms with Crippen molar-refractivity contribution in [2.45, 2.75) is 37.3 Å². The van der Waals surface area contributed by atoms with Crippen LogP contribution in [0.25, 0.3) is 0 Å². The summed E-state index contributed by atoms with van der Waals surface area (Å²) in [4.78, 5) is -0.0778. The molecule has 19 heavy (non-hydrogen) atoms. The zero-order valence-corrected chi connectivity index (χ0v) is 11.7. The molecule has 6 N–H and O–H groups in total. The lowest BCUT2D eigenvalue weighted by molar-refractivity contribution is -0.0510. The van der Waals surface area contributed by atoms with Crippen LogP contribution in [0.5, 0.6) is 0 Å². The molecule has 0 aromatic heterocycles. The SMILES string of the molecule is CC1(C)C(O)CC1Nc1ccc(S(N)(=O)=O)c(N)c1. The summed E-state index contributed by atoms with van der Waals surface area (Å²) in [6.45, 7) is 3.95. The number of aliphatic hydroxyl groups is 1. The van der Waals surface area contributed by atoms with Gasteiger partial charge in [-0.2, -0.15) is 0 Å². The van der Waals surface area contributed by atoms with Gasteiger partial charge < -0.3 is 16.2 Å². The molecule has 0 bridgehead atoms. The molecule has 0 radical (unpaired) electrons. The zero-order chi connectivity index (χ0) is 14.4. The molecular weight excluding hydrogens is 266 g/mol. The van der Waals surface area contributed by atoms with Crippen LogP contribution in [0, 0.1) is 5.41 Å². The minimum atomic E-state index is -3.79. The lowest BCUT2D eigenvalue weighted by atomic mass is 9.64. The Bertz CT molecular complexity index is 598. The number of rotatable bonds is 3. The molecule has 0 spiro atoms. The maximum atomic E-state index is 11.2. The molecule has 1 aliphatic rings. The standard InChI is InChI=1S/C12H19N3O3S/c1-12(2)10(6-11(12)16)15-7-3-4-9(8(13)5-7)19(14,17)18/h3-5,10-11,15-16H,6,13H2,1-2H3,(H2,14,17,18). The molecule has 1 saturated carbocycles. The molecule has 1 fully saturated rings. The summed E-state index contributed by atoms with van der Waals surface area (Å²) in [6, 6.07) is 4.68. The number of benzene rings is 1. The molecule has 1 aromatic carbocycles. The van der Waals surface area contributed by atoms with Crippen molar-refractivity contribution < 1.29 is 13.5 Å². The second-order valence-corrected chi connectivity index (χ2v) is 7.10. The lowest BCUT2D eigenvalue weighted by Gasteiger charge is -2.49. The van der Waals surface area contributed by atoms with Crippen LogP contribution in [0.4, 0.5) is 11.4 Å². The van der Waals surface area contributed by atoms with E-state index < -0.39 is 10.0 Å². The van der Waals surface area contributed by atoms with E-state index in [4.69, 9.17) is 10.9 Å². The highest BCUT2D eigenvalue weighted by Gasteiger charge is 2.47. The molecule has 2 rings (SSSR count). The van der Waals surface area contributed by atoms with Gasteiger partial charge >= 0.3 is 0 Å². The third-order valence-electron chi connectivity index (χ3n) is 3.87. The Morgan fingerprint density at radius 1 is 1.42 bits per heavy atom. The number of nitrogens with two attached hydrogens (primary N) is 2. The van der Waals surface area contributed by atoms with E-state index in [1.165, 1.54) is 6.07 Å². The van der Waals surface area contributed by atoms with Crippen molar-refractivity contribution in [3.8, 4) is 0 Å². The number of nitrogen functional groups attached to an aromatic ring is 1. The van der Waals surface area contributed by atoms with Crippen LogP contribution in [0.2, 0.25) is 0 Å². The largest absolute Gasteiger partial charge is 0.398 e. The van der Waals surface area contributed by atoms with E-state index in [0.29, 0.717) is 6.42 Å². The number of nitrogens with one attached hydrogen (secondary N) is 1. The van der Waals surface area contributed by atoms with Gasteiger partial charge in [-0.25, -0.2) is 13.6 Å². The predicted molar refractivity (Wildman–Crippen MR) is 74.0 cm³/mol. The van der Waals surface area contributed by atoms with Gasteiger partial charge in [0.15, 0.2) is 0 Å². The van der Waals surface area contributed by atoms with Crippen molar-refractivity contribution in [2.75, 3.05) is 11.1 Å². The van der Waals surface area contributed by atoms with Crippen molar-refractivity contribution in [1.82, 2.24) is 0 Å². The lowest BCUT2D eigenvalue weighted by Crippen LogP contribution is -2.56. The third kappa shape index (κ3) is 2.54. The Kier molecular flexibility index (Phi) is 3.24. The van der Waals surface area contributed by atoms with Crippen LogP contribution in [-0.2, 0) is 10.0 Å². The van der Waals surface area contributed by atoms with E-state index in [0.717, 1.165) is 5.69 Å². The van der Waals surface area contributed by atoms with Gasteiger partial charge in [-0.15, -0.1) is 0 Å². The Hall–Kier alpha value is -1.31. The van der Waals surface area contributed by atoms with E-state index >= 15 is 0 Å². The number of sulfonamides is 1. The normalized spacial score (nSPS) is 25.7. The molecule has 0 amide bonds. The summed E-state index contributed by atoms with van der Waals surface area (Å²) in [5, 5.41) is 18.0. The monoisotopic (exact) mass is 285 g/mol. The molecular formula is C12H19N3O3S. The number of primary sulfonamides is 1. The molecule has 0 saturated heterocycles. The average molecular weight is 285 g/mol. The summed E-state index contributed by atoms with van der Waals surface area (Å²) in [5.41, 5.74) is 6.31. The number of anilines is 2. The van der Waals surface area contributed by atoms with Gasteiger partial charge in [-0.05, 0) is 24.6 Å². The highest BCUT2D eigenvalue weighted by molar-refractivity contribution is 7.89. The van der Waals surface area contributed by atoms with Crippen LogP contribution in [0.3, 0.4) is 0 Å². The minimum Gasteiger partial charge on any atom is -0.398 e. The van der Waals surface area contributed by atoms with E-state index in [1.54, 1.807) is 12.1 Å². The van der Waals surface area contributed by atoms with Crippen molar-refractivity contribution in [2.24, 2.45) is 10.6 Å². The quantitative estimate of drug-likeness (QED) is 0.603. The highest BCUT2D eigenvalue weighted by atomic mass is 32.2. The van der Waals surface area contributed by atoms with E-state index in [9.17, 15) is 13.5 Å². The fraction of sp³-hybridized carbons (Fsp3) is 0.500. The van der Waals surface area contributed by atoms with Crippen LogP contribution in [0.15, 0.2) is 23.1 Å². The van der Waals surface area contributed by atoms with Gasteiger partial charge in [0.2, 0.25) is 10.0 Å². The Morgan fingerprint density at radius 2 is 2.05 bits per heavy atom. The van der Waals surface area contributed by atoms with Crippen LogP contribution < -0.4 is 16.2 Å². The molecule has 106 valence electrons. The van der Waals surface area contributed by atoms with Gasteiger partial charge in [-0.1, -0.05) is 13.8 Å². The predicted octanol–water partition coefficient (Wildman–Crippen LogP) is 0.488. The van der Waals surface area contributed by atoms with Gasteiger partial charge in [0.1, 0.15) is 4.90 Å². The molecule has 1 aliphatic carbocycles. The molecule has 6 nitrogen and oxygen atoms in total. The molecule has 0 heterocycles. The fourth-order valence-corrected chi connectivity index (χ4v) is 2.89. The maximum absolute atomic E-state index is 11.2. The summed E-state index contributed by atoms with van der Waals surface area (Å²) in [5.74, 6) is 0. The van der Waals surface area contributed by atoms with Gasteiger partial charge in [0, 0.05) is 17.1 Å². The summed E-state index contributed by atoms with van der Waals surface area (Å²) < 4.78 is 22.5. The van der Waals surface area contributed by atoms with Gasteiger partial charge in [-0.3, -0.25) is 0 Å². The first-order valence-corrected chi connectivity index (χ1v) is 7.54. The van der Waals surface area contributed by atoms with Gasteiger partial charge in [0.05, 0.1) is 11.8 Å². The summed E-state index contributed by atoms with van der Waals surface area (Å²) in [6.07, 6.45) is 0.329. The van der Waals surface area contributed by atoms with Crippen molar-refractivity contribution >= 4 is 21.4 Å². The topological polar surface area (TPSA) is 118 Å². The second kappa shape index (κ2) is 4.36. The minimum absolute atomic E-state index is 0.0778. The van der Waals surface area contributed by atoms with E-state index in [-0.39, 0.29) is 28.1 Å². The number of aliphatic hydroxyl groups excluding tert-OH is 1. The summed E-state index contributed by atoms with van der Waals surface area (Å²) >= 11 is 0. The molecule has 2 atom stereocenters. The number of hydrogen-bond donors (Lipinski definition) is 4. The Morgan fingerprint density at radius 3 is 2.47 bits per heavy atom. The maximum Gasteiger partial charge on any atom is 0.240 e. The van der Waals surface area contributed by atoms with Gasteiger partial charge in [0.25, 0.3) is 0 Å². The third-order valence-corrected chi connectivity index (χ3v) is 4.86. The number of hydrogen-bond acceptors (Lipinski definition) is 5. The molecule has 7 heteroatoms. The smallest absolute Gasteiger partial charge is 0.240 e. The molecule has 1 aromatic rings. The fourth-order valence-electron chi connectivity index (χ4n) is 2.25. The van der Waals surface area contributed by atoms with E-state index in [1.807, 2.05) is 13.8 Å². The first-order chi connectivity index (χ1) is 8.62. The summed E-state index contributed by atoms with van der Waals surface area (Å²) in [7, 11) is -3.79. The molecule has 2 unspecified atom stereocenters. The van der Waals surface area contributed by atoms with Crippen LogP contribution in [0.1, 0.15) is 20.3 Å². The highest BCUT2D eigenvalue weighted by Crippen LogP contribution is 2.42. The second-order valence-electron chi connectivity index (χ2n) is 5.57. The van der Waals surface area contributed by atoms with Crippen LogP contribution in [-0.4, -0.2) is 25.7 Å². The Balaban J connectivity index is 2.19. The van der Waals surface area contributed by atoms with Crippen molar-refractivity contribution in [1.29, 1.82) is 0 Å². The first-order valence-electron chi connectivity index (χ1n) is 5.99. The first kappa shape index (κ1) is 14.1. The zero-order valence-electron chi connectivity index (χ0n) is 10.9. The Labute approximate surface area is 112 Å². The van der Waals surface area contributed by atoms with Crippen molar-refractivity contribution in [3.63, 3.8) is 0 Å². The molecule has 0 aliphatic heterocycles. The average Bonchev–Trinajstić information content (AvgIpc) is 2.27. The van der Waals surface area contributed by atoms with E-state index in [2.05, 4.69) is 5.32 Å². The van der Waals surface area contributed by atoms with Crippen molar-refractivity contribution in [3.05, 3.63) is 18.2 Å². The van der Waals surface area contributed by atoms with Crippen LogP contribution >= 0.6 is 0 Å².